The summed E-state index contributed by atoms with van der Waals surface area (Å²) in [5, 5.41) is 2.85. The molecule has 0 spiro atoms. The molecule has 0 aliphatic heterocycles. The molecule has 1 atom stereocenters. The molecule has 0 saturated carbocycles. The molecule has 0 heterocycles. The van der Waals surface area contributed by atoms with E-state index in [9.17, 15) is 13.2 Å². The number of aryl methyl sites for hydroxylation is 1. The quantitative estimate of drug-likeness (QED) is 0.805. The van der Waals surface area contributed by atoms with Crippen molar-refractivity contribution in [3.05, 3.63) is 54.1 Å². The number of hydrogen-bond acceptors (Lipinski definition) is 4. The van der Waals surface area contributed by atoms with Gasteiger partial charge in [0.1, 0.15) is 5.75 Å². The molecule has 0 saturated heterocycles. The van der Waals surface area contributed by atoms with Gasteiger partial charge in [0, 0.05) is 12.7 Å². The molecule has 0 aliphatic rings. The zero-order chi connectivity index (χ0) is 19.3. The highest BCUT2D eigenvalue weighted by molar-refractivity contribution is 7.92. The van der Waals surface area contributed by atoms with E-state index in [1.165, 1.54) is 11.4 Å². The standard InChI is InChI=1S/C19H24N2O4S/c1-5-18(19(22)20-15-8-6-7-14(2)13-15)25-17-11-9-16(10-12-17)21(3)26(4,23)24/h6-13,18H,5H2,1-4H3,(H,20,22)/t18-/m1/s1. The van der Waals surface area contributed by atoms with Crippen molar-refractivity contribution in [2.75, 3.05) is 22.9 Å². The van der Waals surface area contributed by atoms with Gasteiger partial charge in [0.05, 0.1) is 11.9 Å². The molecule has 0 fully saturated rings. The van der Waals surface area contributed by atoms with Crippen molar-refractivity contribution in [2.24, 2.45) is 0 Å². The van der Waals surface area contributed by atoms with E-state index in [0.717, 1.165) is 17.5 Å². The molecule has 0 aromatic heterocycles. The lowest BCUT2D eigenvalue weighted by molar-refractivity contribution is -0.122. The van der Waals surface area contributed by atoms with Crippen LogP contribution >= 0.6 is 0 Å². The summed E-state index contributed by atoms with van der Waals surface area (Å²) >= 11 is 0. The van der Waals surface area contributed by atoms with Gasteiger partial charge in [-0.1, -0.05) is 19.1 Å². The van der Waals surface area contributed by atoms with E-state index < -0.39 is 16.1 Å². The van der Waals surface area contributed by atoms with E-state index in [2.05, 4.69) is 5.32 Å². The first kappa shape index (κ1) is 19.8. The number of anilines is 2. The summed E-state index contributed by atoms with van der Waals surface area (Å²) in [5.74, 6) is 0.275. The summed E-state index contributed by atoms with van der Waals surface area (Å²) in [6.45, 7) is 3.82. The van der Waals surface area contributed by atoms with Crippen molar-refractivity contribution in [3.63, 3.8) is 0 Å². The molecular formula is C19H24N2O4S. The third-order valence-corrected chi connectivity index (χ3v) is 5.13. The van der Waals surface area contributed by atoms with Gasteiger partial charge in [-0.25, -0.2) is 8.42 Å². The Morgan fingerprint density at radius 3 is 2.38 bits per heavy atom. The number of nitrogens with zero attached hydrogens (tertiary/aromatic N) is 1. The van der Waals surface area contributed by atoms with Crippen molar-refractivity contribution in [2.45, 2.75) is 26.4 Å². The second kappa shape index (κ2) is 8.23. The van der Waals surface area contributed by atoms with Crippen LogP contribution in [-0.4, -0.2) is 33.7 Å². The van der Waals surface area contributed by atoms with Crippen LogP contribution in [0.15, 0.2) is 48.5 Å². The second-order valence-corrected chi connectivity index (χ2v) is 8.11. The molecule has 140 valence electrons. The van der Waals surface area contributed by atoms with E-state index in [-0.39, 0.29) is 5.91 Å². The molecule has 0 aliphatic carbocycles. The van der Waals surface area contributed by atoms with E-state index in [1.54, 1.807) is 24.3 Å². The Labute approximate surface area is 154 Å². The summed E-state index contributed by atoms with van der Waals surface area (Å²) in [6, 6.07) is 14.1. The number of ether oxygens (including phenoxy) is 1. The Balaban J connectivity index is 2.06. The predicted octanol–water partition coefficient (Wildman–Crippen LogP) is 3.19. The molecule has 0 bridgehead atoms. The highest BCUT2D eigenvalue weighted by Crippen LogP contribution is 2.22. The molecule has 2 aromatic rings. The maximum Gasteiger partial charge on any atom is 0.265 e. The van der Waals surface area contributed by atoms with Crippen LogP contribution in [0.4, 0.5) is 11.4 Å². The summed E-state index contributed by atoms with van der Waals surface area (Å²) in [6.07, 6.45) is 0.997. The van der Waals surface area contributed by atoms with Gasteiger partial charge in [-0.2, -0.15) is 0 Å². The number of carbonyl (C=O) groups excluding carboxylic acids is 1. The van der Waals surface area contributed by atoms with Crippen LogP contribution in [0, 0.1) is 6.92 Å². The maximum absolute atomic E-state index is 12.4. The van der Waals surface area contributed by atoms with Gasteiger partial charge in [-0.05, 0) is 55.3 Å². The fraction of sp³-hybridized carbons (Fsp3) is 0.316. The molecule has 1 N–H and O–H groups in total. The minimum Gasteiger partial charge on any atom is -0.481 e. The number of amides is 1. The fourth-order valence-electron chi connectivity index (χ4n) is 2.36. The molecule has 7 heteroatoms. The van der Waals surface area contributed by atoms with E-state index in [4.69, 9.17) is 4.74 Å². The molecular weight excluding hydrogens is 352 g/mol. The second-order valence-electron chi connectivity index (χ2n) is 6.10. The van der Waals surface area contributed by atoms with Gasteiger partial charge in [-0.3, -0.25) is 9.10 Å². The Bertz CT molecular complexity index is 863. The number of hydrogen-bond donors (Lipinski definition) is 1. The van der Waals surface area contributed by atoms with Gasteiger partial charge in [0.15, 0.2) is 6.10 Å². The molecule has 1 amide bonds. The predicted molar refractivity (Wildman–Crippen MR) is 104 cm³/mol. The molecule has 0 radical (unpaired) electrons. The third-order valence-electron chi connectivity index (χ3n) is 3.92. The van der Waals surface area contributed by atoms with Crippen molar-refractivity contribution in [1.29, 1.82) is 0 Å². The van der Waals surface area contributed by atoms with Crippen LogP contribution in [0.25, 0.3) is 0 Å². The van der Waals surface area contributed by atoms with Crippen LogP contribution < -0.4 is 14.4 Å². The Morgan fingerprint density at radius 2 is 1.85 bits per heavy atom. The first-order valence-corrected chi connectivity index (χ1v) is 10.1. The highest BCUT2D eigenvalue weighted by Gasteiger charge is 2.19. The average molecular weight is 376 g/mol. The summed E-state index contributed by atoms with van der Waals surface area (Å²) in [7, 11) is -1.84. The maximum atomic E-state index is 12.4. The molecule has 6 nitrogen and oxygen atoms in total. The molecule has 0 unspecified atom stereocenters. The fourth-order valence-corrected chi connectivity index (χ4v) is 2.86. The Hall–Kier alpha value is -2.54. The van der Waals surface area contributed by atoms with Crippen LogP contribution in [-0.2, 0) is 14.8 Å². The summed E-state index contributed by atoms with van der Waals surface area (Å²) < 4.78 is 30.1. The van der Waals surface area contributed by atoms with E-state index in [0.29, 0.717) is 17.9 Å². The van der Waals surface area contributed by atoms with Crippen molar-refractivity contribution in [1.82, 2.24) is 0 Å². The zero-order valence-electron chi connectivity index (χ0n) is 15.4. The van der Waals surface area contributed by atoms with Gasteiger partial charge in [0.2, 0.25) is 10.0 Å². The Morgan fingerprint density at radius 1 is 1.19 bits per heavy atom. The first-order chi connectivity index (χ1) is 12.2. The van der Waals surface area contributed by atoms with Crippen LogP contribution in [0.1, 0.15) is 18.9 Å². The number of benzene rings is 2. The number of rotatable bonds is 7. The zero-order valence-corrected chi connectivity index (χ0v) is 16.2. The first-order valence-electron chi connectivity index (χ1n) is 8.29. The van der Waals surface area contributed by atoms with Crippen LogP contribution in [0.2, 0.25) is 0 Å². The lowest BCUT2D eigenvalue weighted by Gasteiger charge is -2.19. The Kier molecular flexibility index (Phi) is 6.26. The number of carbonyl (C=O) groups is 1. The average Bonchev–Trinajstić information content (AvgIpc) is 2.58. The third kappa shape index (κ3) is 5.23. The normalized spacial score (nSPS) is 12.3. The number of sulfonamides is 1. The number of nitrogens with one attached hydrogen (secondary N) is 1. The van der Waals surface area contributed by atoms with Gasteiger partial charge in [0.25, 0.3) is 5.91 Å². The van der Waals surface area contributed by atoms with Gasteiger partial charge >= 0.3 is 0 Å². The van der Waals surface area contributed by atoms with Crippen molar-refractivity contribution < 1.29 is 17.9 Å². The lowest BCUT2D eigenvalue weighted by Crippen LogP contribution is -2.32. The van der Waals surface area contributed by atoms with Gasteiger partial charge < -0.3 is 10.1 Å². The van der Waals surface area contributed by atoms with Crippen molar-refractivity contribution in [3.8, 4) is 5.75 Å². The monoisotopic (exact) mass is 376 g/mol. The minimum atomic E-state index is -3.32. The minimum absolute atomic E-state index is 0.226. The highest BCUT2D eigenvalue weighted by atomic mass is 32.2. The van der Waals surface area contributed by atoms with Crippen molar-refractivity contribution >= 4 is 27.3 Å². The molecule has 26 heavy (non-hydrogen) atoms. The smallest absolute Gasteiger partial charge is 0.265 e. The van der Waals surface area contributed by atoms with Crippen LogP contribution in [0.5, 0.6) is 5.75 Å². The summed E-state index contributed by atoms with van der Waals surface area (Å²) in [4.78, 5) is 12.4. The lowest BCUT2D eigenvalue weighted by atomic mass is 10.2. The topological polar surface area (TPSA) is 75.7 Å². The van der Waals surface area contributed by atoms with Gasteiger partial charge in [-0.15, -0.1) is 0 Å². The molecule has 2 aromatic carbocycles. The molecule has 2 rings (SSSR count). The SMILES string of the molecule is CC[C@@H](Oc1ccc(N(C)S(C)(=O)=O)cc1)C(=O)Nc1cccc(C)c1. The van der Waals surface area contributed by atoms with E-state index >= 15 is 0 Å². The largest absolute Gasteiger partial charge is 0.481 e. The van der Waals surface area contributed by atoms with E-state index in [1.807, 2.05) is 38.1 Å². The van der Waals surface area contributed by atoms with Crippen LogP contribution in [0.3, 0.4) is 0 Å². The summed E-state index contributed by atoms with van der Waals surface area (Å²) in [5.41, 5.74) is 2.31.